The van der Waals surface area contributed by atoms with Crippen LogP contribution in [0.5, 0.6) is 0 Å². The van der Waals surface area contributed by atoms with Crippen LogP contribution in [-0.2, 0) is 13.2 Å². The Morgan fingerprint density at radius 1 is 1.33 bits per heavy atom. The van der Waals surface area contributed by atoms with E-state index in [0.29, 0.717) is 22.4 Å². The summed E-state index contributed by atoms with van der Waals surface area (Å²) in [5.74, 6) is -0.168. The quantitative estimate of drug-likeness (QED) is 0.839. The number of halogens is 1. The first-order chi connectivity index (χ1) is 8.52. The molecule has 0 aliphatic heterocycles. The standard InChI is InChI=1S/C13H15FN2OS/c1-8-3-10(4-9(2)12(8)14)6-16-11(7-17)5-15-13(16)18/h3-5,17H,6-7H2,1-2H3,(H,15,18). The second kappa shape index (κ2) is 5.04. The van der Waals surface area contributed by atoms with Crippen molar-refractivity contribution < 1.29 is 9.50 Å². The average molecular weight is 266 g/mol. The summed E-state index contributed by atoms with van der Waals surface area (Å²) >= 11 is 5.15. The number of H-pyrrole nitrogens is 1. The zero-order chi connectivity index (χ0) is 13.3. The van der Waals surface area contributed by atoms with Gasteiger partial charge in [-0.15, -0.1) is 0 Å². The normalized spacial score (nSPS) is 10.9. The van der Waals surface area contributed by atoms with Gasteiger partial charge in [-0.2, -0.15) is 0 Å². The predicted octanol–water partition coefficient (Wildman–Crippen LogP) is 2.84. The monoisotopic (exact) mass is 266 g/mol. The lowest BCUT2D eigenvalue weighted by Crippen LogP contribution is -2.05. The van der Waals surface area contributed by atoms with Crippen molar-refractivity contribution in [3.63, 3.8) is 0 Å². The predicted molar refractivity (Wildman–Crippen MR) is 70.5 cm³/mol. The molecule has 96 valence electrons. The van der Waals surface area contributed by atoms with Gasteiger partial charge in [-0.1, -0.05) is 12.1 Å². The highest BCUT2D eigenvalue weighted by atomic mass is 32.1. The molecule has 1 aromatic heterocycles. The van der Waals surface area contributed by atoms with Gasteiger partial charge in [-0.3, -0.25) is 0 Å². The van der Waals surface area contributed by atoms with E-state index in [-0.39, 0.29) is 12.4 Å². The highest BCUT2D eigenvalue weighted by Gasteiger charge is 2.07. The number of aromatic nitrogens is 2. The van der Waals surface area contributed by atoms with Crippen molar-refractivity contribution in [2.24, 2.45) is 0 Å². The summed E-state index contributed by atoms with van der Waals surface area (Å²) in [5.41, 5.74) is 2.94. The maximum Gasteiger partial charge on any atom is 0.177 e. The van der Waals surface area contributed by atoms with Crippen molar-refractivity contribution in [2.75, 3.05) is 0 Å². The highest BCUT2D eigenvalue weighted by Crippen LogP contribution is 2.16. The van der Waals surface area contributed by atoms with Gasteiger partial charge in [-0.05, 0) is 42.8 Å². The lowest BCUT2D eigenvalue weighted by Gasteiger charge is -2.09. The van der Waals surface area contributed by atoms with E-state index in [4.69, 9.17) is 12.2 Å². The van der Waals surface area contributed by atoms with Crippen LogP contribution in [0.15, 0.2) is 18.3 Å². The molecule has 5 heteroatoms. The number of hydrogen-bond acceptors (Lipinski definition) is 2. The van der Waals surface area contributed by atoms with E-state index in [1.165, 1.54) is 0 Å². The van der Waals surface area contributed by atoms with E-state index >= 15 is 0 Å². The van der Waals surface area contributed by atoms with Crippen molar-refractivity contribution >= 4 is 12.2 Å². The molecular weight excluding hydrogens is 251 g/mol. The van der Waals surface area contributed by atoms with Gasteiger partial charge in [0.2, 0.25) is 0 Å². The molecular formula is C13H15FN2OS. The van der Waals surface area contributed by atoms with Crippen LogP contribution in [0.1, 0.15) is 22.4 Å². The summed E-state index contributed by atoms with van der Waals surface area (Å²) in [5, 5.41) is 9.22. The van der Waals surface area contributed by atoms with Crippen LogP contribution in [0.2, 0.25) is 0 Å². The molecule has 2 aromatic rings. The molecule has 0 saturated heterocycles. The summed E-state index contributed by atoms with van der Waals surface area (Å²) in [4.78, 5) is 2.89. The van der Waals surface area contributed by atoms with E-state index in [1.54, 1.807) is 36.7 Å². The number of rotatable bonds is 3. The molecule has 0 radical (unpaired) electrons. The second-order valence-corrected chi connectivity index (χ2v) is 4.76. The second-order valence-electron chi connectivity index (χ2n) is 4.37. The molecule has 0 spiro atoms. The van der Waals surface area contributed by atoms with Gasteiger partial charge in [0.15, 0.2) is 4.77 Å². The first-order valence-corrected chi connectivity index (χ1v) is 6.07. The Labute approximate surface area is 110 Å². The molecule has 0 fully saturated rings. The molecule has 1 aromatic carbocycles. The summed E-state index contributed by atoms with van der Waals surface area (Å²) in [6.07, 6.45) is 1.69. The topological polar surface area (TPSA) is 41.0 Å². The molecule has 0 saturated carbocycles. The lowest BCUT2D eigenvalue weighted by atomic mass is 10.1. The molecule has 18 heavy (non-hydrogen) atoms. The first kappa shape index (κ1) is 13.0. The summed E-state index contributed by atoms with van der Waals surface area (Å²) < 4.78 is 15.9. The Kier molecular flexibility index (Phi) is 3.63. The maximum atomic E-state index is 13.5. The van der Waals surface area contributed by atoms with Gasteiger partial charge in [0.05, 0.1) is 18.8 Å². The van der Waals surface area contributed by atoms with Gasteiger partial charge in [0.25, 0.3) is 0 Å². The number of imidazole rings is 1. The largest absolute Gasteiger partial charge is 0.390 e. The van der Waals surface area contributed by atoms with Crippen molar-refractivity contribution in [1.82, 2.24) is 9.55 Å². The summed E-state index contributed by atoms with van der Waals surface area (Å²) in [7, 11) is 0. The zero-order valence-corrected chi connectivity index (χ0v) is 11.1. The van der Waals surface area contributed by atoms with E-state index in [1.807, 2.05) is 0 Å². The molecule has 3 nitrogen and oxygen atoms in total. The van der Waals surface area contributed by atoms with Crippen LogP contribution in [0, 0.1) is 24.4 Å². The number of aryl methyl sites for hydroxylation is 2. The molecule has 0 unspecified atom stereocenters. The van der Waals surface area contributed by atoms with Gasteiger partial charge < -0.3 is 14.7 Å². The molecule has 0 bridgehead atoms. The zero-order valence-electron chi connectivity index (χ0n) is 10.3. The van der Waals surface area contributed by atoms with Crippen LogP contribution in [0.4, 0.5) is 4.39 Å². The van der Waals surface area contributed by atoms with Crippen molar-refractivity contribution in [1.29, 1.82) is 0 Å². The fourth-order valence-corrected chi connectivity index (χ4v) is 2.29. The first-order valence-electron chi connectivity index (χ1n) is 5.66. The van der Waals surface area contributed by atoms with Gasteiger partial charge in [0, 0.05) is 6.20 Å². The Hall–Kier alpha value is -1.46. The number of aliphatic hydroxyl groups is 1. The van der Waals surface area contributed by atoms with Crippen molar-refractivity contribution in [3.8, 4) is 0 Å². The maximum absolute atomic E-state index is 13.5. The van der Waals surface area contributed by atoms with E-state index < -0.39 is 0 Å². The van der Waals surface area contributed by atoms with Crippen LogP contribution < -0.4 is 0 Å². The number of nitrogens with one attached hydrogen (secondary N) is 1. The van der Waals surface area contributed by atoms with E-state index in [2.05, 4.69) is 4.98 Å². The van der Waals surface area contributed by atoms with E-state index in [0.717, 1.165) is 11.3 Å². The van der Waals surface area contributed by atoms with Crippen LogP contribution in [0.25, 0.3) is 0 Å². The van der Waals surface area contributed by atoms with Crippen molar-refractivity contribution in [3.05, 3.63) is 51.3 Å². The average Bonchev–Trinajstić information content (AvgIpc) is 2.67. The third-order valence-electron chi connectivity index (χ3n) is 2.95. The molecule has 0 aliphatic carbocycles. The van der Waals surface area contributed by atoms with Crippen LogP contribution >= 0.6 is 12.2 Å². The van der Waals surface area contributed by atoms with Crippen molar-refractivity contribution in [2.45, 2.75) is 27.0 Å². The molecule has 0 atom stereocenters. The summed E-state index contributed by atoms with van der Waals surface area (Å²) in [6, 6.07) is 3.61. The minimum atomic E-state index is -0.168. The lowest BCUT2D eigenvalue weighted by molar-refractivity contribution is 0.271. The molecule has 0 amide bonds. The Balaban J connectivity index is 2.40. The summed E-state index contributed by atoms with van der Waals surface area (Å²) in [6.45, 7) is 3.94. The number of hydrogen-bond donors (Lipinski definition) is 2. The molecule has 2 rings (SSSR count). The number of aliphatic hydroxyl groups excluding tert-OH is 1. The molecule has 2 N–H and O–H groups in total. The smallest absolute Gasteiger partial charge is 0.177 e. The SMILES string of the molecule is Cc1cc(Cn2c(CO)c[nH]c2=S)cc(C)c1F. The number of benzene rings is 1. The van der Waals surface area contributed by atoms with Crippen LogP contribution in [-0.4, -0.2) is 14.7 Å². The Morgan fingerprint density at radius 3 is 2.50 bits per heavy atom. The fraction of sp³-hybridized carbons (Fsp3) is 0.308. The Morgan fingerprint density at radius 2 is 1.94 bits per heavy atom. The van der Waals surface area contributed by atoms with Gasteiger partial charge >= 0.3 is 0 Å². The van der Waals surface area contributed by atoms with E-state index in [9.17, 15) is 9.50 Å². The number of nitrogens with zero attached hydrogens (tertiary/aromatic N) is 1. The molecule has 1 heterocycles. The highest BCUT2D eigenvalue weighted by molar-refractivity contribution is 7.71. The minimum Gasteiger partial charge on any atom is -0.390 e. The number of aromatic amines is 1. The van der Waals surface area contributed by atoms with Gasteiger partial charge in [0.1, 0.15) is 5.82 Å². The minimum absolute atomic E-state index is 0.0771. The Bertz CT molecular complexity index is 607. The third-order valence-corrected chi connectivity index (χ3v) is 3.29. The third kappa shape index (κ3) is 2.37. The van der Waals surface area contributed by atoms with Crippen LogP contribution in [0.3, 0.4) is 0 Å². The fourth-order valence-electron chi connectivity index (χ4n) is 2.05. The molecule has 0 aliphatic rings. The van der Waals surface area contributed by atoms with Gasteiger partial charge in [-0.25, -0.2) is 4.39 Å².